The molecule has 136 valence electrons. The molecule has 2 aliphatic rings. The van der Waals surface area contributed by atoms with Crippen LogP contribution in [0, 0.1) is 0 Å². The van der Waals surface area contributed by atoms with Crippen molar-refractivity contribution in [2.45, 2.75) is 45.2 Å². The van der Waals surface area contributed by atoms with Crippen molar-refractivity contribution in [2.75, 3.05) is 26.2 Å². The average Bonchev–Trinajstić information content (AvgIpc) is 3.10. The van der Waals surface area contributed by atoms with Gasteiger partial charge in [-0.25, -0.2) is 4.79 Å². The number of benzene rings is 1. The maximum atomic E-state index is 12.3. The Morgan fingerprint density at radius 2 is 1.92 bits per heavy atom. The summed E-state index contributed by atoms with van der Waals surface area (Å²) in [7, 11) is 0. The molecule has 1 unspecified atom stereocenters. The third-order valence-corrected chi connectivity index (χ3v) is 4.99. The smallest absolute Gasteiger partial charge is 0.325 e. The minimum atomic E-state index is -0.795. The lowest BCUT2D eigenvalue weighted by Gasteiger charge is -2.26. The van der Waals surface area contributed by atoms with Gasteiger partial charge in [0.05, 0.1) is 6.61 Å². The number of hydrogen-bond donors (Lipinski definition) is 1. The number of amides is 3. The van der Waals surface area contributed by atoms with Crippen molar-refractivity contribution in [3.63, 3.8) is 0 Å². The van der Waals surface area contributed by atoms with E-state index in [1.165, 1.54) is 10.5 Å². The van der Waals surface area contributed by atoms with Gasteiger partial charge in [-0.15, -0.1) is 0 Å². The summed E-state index contributed by atoms with van der Waals surface area (Å²) in [6, 6.07) is 8.30. The molecule has 0 radical (unpaired) electrons. The van der Waals surface area contributed by atoms with Crippen LogP contribution in [0.2, 0.25) is 0 Å². The van der Waals surface area contributed by atoms with E-state index < -0.39 is 5.54 Å². The fourth-order valence-electron chi connectivity index (χ4n) is 3.67. The first-order chi connectivity index (χ1) is 11.9. The molecule has 1 aromatic rings. The molecule has 6 heteroatoms. The summed E-state index contributed by atoms with van der Waals surface area (Å²) in [6.45, 7) is 8.25. The van der Waals surface area contributed by atoms with E-state index in [4.69, 9.17) is 4.74 Å². The largest absolute Gasteiger partial charge is 0.494 e. The number of carbonyl (C=O) groups excluding carboxylic acids is 2. The maximum absolute atomic E-state index is 12.3. The van der Waals surface area contributed by atoms with E-state index in [1.807, 2.05) is 19.1 Å². The van der Waals surface area contributed by atoms with Crippen molar-refractivity contribution < 1.29 is 14.3 Å². The van der Waals surface area contributed by atoms with Gasteiger partial charge in [-0.1, -0.05) is 12.1 Å². The second-order valence-electron chi connectivity index (χ2n) is 7.21. The second kappa shape index (κ2) is 7.04. The second-order valence-corrected chi connectivity index (χ2v) is 7.21. The quantitative estimate of drug-likeness (QED) is 0.805. The number of rotatable bonds is 6. The molecule has 1 N–H and O–H groups in total. The summed E-state index contributed by atoms with van der Waals surface area (Å²) in [4.78, 5) is 28.0. The van der Waals surface area contributed by atoms with Gasteiger partial charge >= 0.3 is 6.03 Å². The highest BCUT2D eigenvalue weighted by Crippen LogP contribution is 2.32. The molecule has 2 aliphatic heterocycles. The minimum absolute atomic E-state index is 0.144. The first kappa shape index (κ1) is 17.7. The van der Waals surface area contributed by atoms with Crippen LogP contribution in [0.5, 0.6) is 5.75 Å². The van der Waals surface area contributed by atoms with E-state index in [0.29, 0.717) is 25.7 Å². The Morgan fingerprint density at radius 3 is 2.52 bits per heavy atom. The topological polar surface area (TPSA) is 61.9 Å². The molecule has 0 aromatic heterocycles. The molecule has 2 heterocycles. The lowest BCUT2D eigenvalue weighted by Crippen LogP contribution is -2.41. The monoisotopic (exact) mass is 345 g/mol. The molecule has 0 aliphatic carbocycles. The fourth-order valence-corrected chi connectivity index (χ4v) is 3.67. The SMILES string of the molecule is CCOc1ccc(C2CCCN2CCN2C(=O)NC(C)(C)C2=O)cc1. The normalized spacial score (nSPS) is 23.2. The molecule has 3 amide bonds. The highest BCUT2D eigenvalue weighted by Gasteiger charge is 2.44. The van der Waals surface area contributed by atoms with Crippen LogP contribution in [0.3, 0.4) is 0 Å². The van der Waals surface area contributed by atoms with Gasteiger partial charge < -0.3 is 10.1 Å². The van der Waals surface area contributed by atoms with Crippen molar-refractivity contribution in [3.8, 4) is 5.75 Å². The first-order valence-corrected chi connectivity index (χ1v) is 9.03. The van der Waals surface area contributed by atoms with Crippen LogP contribution in [-0.2, 0) is 4.79 Å². The minimum Gasteiger partial charge on any atom is -0.494 e. The summed E-state index contributed by atoms with van der Waals surface area (Å²) in [5.74, 6) is 0.742. The van der Waals surface area contributed by atoms with Gasteiger partial charge in [0, 0.05) is 19.1 Å². The van der Waals surface area contributed by atoms with Crippen LogP contribution >= 0.6 is 0 Å². The number of nitrogens with zero attached hydrogens (tertiary/aromatic N) is 2. The molecular weight excluding hydrogens is 318 g/mol. The highest BCUT2D eigenvalue weighted by molar-refractivity contribution is 6.06. The number of imide groups is 1. The summed E-state index contributed by atoms with van der Waals surface area (Å²) < 4.78 is 5.51. The van der Waals surface area contributed by atoms with Gasteiger partial charge in [-0.3, -0.25) is 14.6 Å². The van der Waals surface area contributed by atoms with Crippen molar-refractivity contribution >= 4 is 11.9 Å². The molecule has 25 heavy (non-hydrogen) atoms. The van der Waals surface area contributed by atoms with E-state index in [9.17, 15) is 9.59 Å². The number of urea groups is 1. The van der Waals surface area contributed by atoms with Crippen molar-refractivity contribution in [1.29, 1.82) is 0 Å². The van der Waals surface area contributed by atoms with Gasteiger partial charge in [0.25, 0.3) is 5.91 Å². The Hall–Kier alpha value is -2.08. The number of likely N-dealkylation sites (tertiary alicyclic amines) is 1. The van der Waals surface area contributed by atoms with Gasteiger partial charge in [0.2, 0.25) is 0 Å². The lowest BCUT2D eigenvalue weighted by atomic mass is 10.0. The van der Waals surface area contributed by atoms with Crippen LogP contribution in [0.1, 0.15) is 45.2 Å². The molecule has 0 saturated carbocycles. The van der Waals surface area contributed by atoms with Gasteiger partial charge in [-0.2, -0.15) is 0 Å². The van der Waals surface area contributed by atoms with Crippen LogP contribution in [0.25, 0.3) is 0 Å². The molecule has 2 saturated heterocycles. The molecule has 0 spiro atoms. The predicted octanol–water partition coefficient (Wildman–Crippen LogP) is 2.55. The number of hydrogen-bond acceptors (Lipinski definition) is 4. The summed E-state index contributed by atoms with van der Waals surface area (Å²) >= 11 is 0. The Bertz CT molecular complexity index is 642. The zero-order valence-corrected chi connectivity index (χ0v) is 15.2. The summed E-state index contributed by atoms with van der Waals surface area (Å²) in [5.41, 5.74) is 0.467. The highest BCUT2D eigenvalue weighted by atomic mass is 16.5. The molecule has 6 nitrogen and oxygen atoms in total. The zero-order chi connectivity index (χ0) is 18.0. The molecule has 1 atom stereocenters. The first-order valence-electron chi connectivity index (χ1n) is 9.03. The molecular formula is C19H27N3O3. The van der Waals surface area contributed by atoms with Crippen LogP contribution < -0.4 is 10.1 Å². The maximum Gasteiger partial charge on any atom is 0.325 e. The Balaban J connectivity index is 1.62. The third-order valence-electron chi connectivity index (χ3n) is 4.99. The lowest BCUT2D eigenvalue weighted by molar-refractivity contribution is -0.130. The van der Waals surface area contributed by atoms with Crippen LogP contribution in [0.15, 0.2) is 24.3 Å². The number of ether oxygens (including phenoxy) is 1. The Morgan fingerprint density at radius 1 is 1.20 bits per heavy atom. The fraction of sp³-hybridized carbons (Fsp3) is 0.579. The molecule has 3 rings (SSSR count). The number of nitrogens with one attached hydrogen (secondary N) is 1. The van der Waals surface area contributed by atoms with Gasteiger partial charge in [-0.05, 0) is 57.9 Å². The van der Waals surface area contributed by atoms with E-state index in [2.05, 4.69) is 22.3 Å². The van der Waals surface area contributed by atoms with Crippen LogP contribution in [-0.4, -0.2) is 53.5 Å². The van der Waals surface area contributed by atoms with Crippen molar-refractivity contribution in [2.24, 2.45) is 0 Å². The van der Waals surface area contributed by atoms with Gasteiger partial charge in [0.15, 0.2) is 0 Å². The summed E-state index contributed by atoms with van der Waals surface area (Å²) in [6.07, 6.45) is 2.23. The standard InChI is InChI=1S/C19H27N3O3/c1-4-25-15-9-7-14(8-10-15)16-6-5-11-21(16)12-13-22-17(23)19(2,3)20-18(22)24/h7-10,16H,4-6,11-13H2,1-3H3,(H,20,24). The summed E-state index contributed by atoms with van der Waals surface area (Å²) in [5, 5.41) is 2.73. The van der Waals surface area contributed by atoms with Crippen molar-refractivity contribution in [3.05, 3.63) is 29.8 Å². The molecule has 1 aromatic carbocycles. The third kappa shape index (κ3) is 3.63. The number of carbonyl (C=O) groups is 2. The van der Waals surface area contributed by atoms with Gasteiger partial charge in [0.1, 0.15) is 11.3 Å². The van der Waals surface area contributed by atoms with E-state index >= 15 is 0 Å². The van der Waals surface area contributed by atoms with Crippen LogP contribution in [0.4, 0.5) is 4.79 Å². The van der Waals surface area contributed by atoms with Crippen molar-refractivity contribution in [1.82, 2.24) is 15.1 Å². The molecule has 0 bridgehead atoms. The predicted molar refractivity (Wildman–Crippen MR) is 95.5 cm³/mol. The Labute approximate surface area is 149 Å². The molecule has 2 fully saturated rings. The zero-order valence-electron chi connectivity index (χ0n) is 15.2. The van der Waals surface area contributed by atoms with E-state index in [1.54, 1.807) is 13.8 Å². The Kier molecular flexibility index (Phi) is 4.99. The average molecular weight is 345 g/mol. The van der Waals surface area contributed by atoms with E-state index in [-0.39, 0.29) is 11.9 Å². The van der Waals surface area contributed by atoms with E-state index in [0.717, 1.165) is 25.1 Å².